The van der Waals surface area contributed by atoms with Gasteiger partial charge in [0.15, 0.2) is 0 Å². The maximum Gasteiger partial charge on any atom is 0.242 e. The number of carbonyl (C=O) groups is 3. The van der Waals surface area contributed by atoms with Crippen molar-refractivity contribution < 1.29 is 18.8 Å². The van der Waals surface area contributed by atoms with Crippen LogP contribution in [0.1, 0.15) is 28.9 Å². The normalized spacial score (nSPS) is 17.3. The minimum atomic E-state index is -0.333. The molecule has 1 atom stereocenters. The third-order valence-electron chi connectivity index (χ3n) is 7.73. The number of anilines is 1. The molecule has 1 saturated heterocycles. The molecule has 2 aromatic heterocycles. The third-order valence-corrected chi connectivity index (χ3v) is 9.86. The summed E-state index contributed by atoms with van der Waals surface area (Å²) >= 11 is 3.01. The number of piperazine rings is 1. The Morgan fingerprint density at radius 1 is 0.976 bits per heavy atom. The Bertz CT molecular complexity index is 1630. The van der Waals surface area contributed by atoms with Crippen molar-refractivity contribution in [1.82, 2.24) is 19.6 Å². The summed E-state index contributed by atoms with van der Waals surface area (Å²) in [4.78, 5) is 45.4. The van der Waals surface area contributed by atoms with Crippen LogP contribution in [-0.4, -0.2) is 75.8 Å². The van der Waals surface area contributed by atoms with Gasteiger partial charge < -0.3 is 9.80 Å². The van der Waals surface area contributed by atoms with E-state index in [2.05, 4.69) is 0 Å². The van der Waals surface area contributed by atoms with Gasteiger partial charge in [0.25, 0.3) is 0 Å². The van der Waals surface area contributed by atoms with Crippen molar-refractivity contribution in [1.29, 1.82) is 0 Å². The molecule has 0 bridgehead atoms. The monoisotopic (exact) mass is 603 g/mol. The number of benzene rings is 2. The highest BCUT2D eigenvalue weighted by molar-refractivity contribution is 8.00. The van der Waals surface area contributed by atoms with Crippen molar-refractivity contribution in [3.63, 3.8) is 0 Å². The van der Waals surface area contributed by atoms with E-state index in [4.69, 9.17) is 5.10 Å². The van der Waals surface area contributed by atoms with E-state index in [-0.39, 0.29) is 41.1 Å². The molecular formula is C31H30FN5O3S2. The van der Waals surface area contributed by atoms with E-state index in [9.17, 15) is 18.8 Å². The molecule has 216 valence electrons. The molecule has 0 spiro atoms. The van der Waals surface area contributed by atoms with E-state index < -0.39 is 0 Å². The fourth-order valence-electron chi connectivity index (χ4n) is 5.49. The SMILES string of the molecule is CC(=O)N1CCN(C(=O)CN2C(=O)CS[C@H](c3ccc(F)cc3)c3c(-c4cccs4)nn(-c4ccccc4C)c32)CC1. The van der Waals surface area contributed by atoms with Crippen LogP contribution in [0.15, 0.2) is 66.0 Å². The van der Waals surface area contributed by atoms with Crippen LogP contribution in [0.3, 0.4) is 0 Å². The Morgan fingerprint density at radius 2 is 1.69 bits per heavy atom. The minimum absolute atomic E-state index is 0.0125. The van der Waals surface area contributed by atoms with E-state index in [1.165, 1.54) is 30.8 Å². The second-order valence-electron chi connectivity index (χ2n) is 10.4. The van der Waals surface area contributed by atoms with E-state index in [1.807, 2.05) is 48.7 Å². The quantitative estimate of drug-likeness (QED) is 0.324. The highest BCUT2D eigenvalue weighted by Gasteiger charge is 2.39. The number of halogens is 1. The standard InChI is InChI=1S/C31H30FN5O3S2/c1-20-6-3-4-7-24(20)37-31-28(29(33-37)25-8-5-17-41-25)30(22-9-11-23(32)12-10-22)42-19-27(40)36(31)18-26(39)35-15-13-34(14-16-35)21(2)38/h3-12,17,30H,13-16,18-19H2,1-2H3/t30-/m1/s1. The van der Waals surface area contributed by atoms with E-state index in [0.717, 1.165) is 32.9 Å². The van der Waals surface area contributed by atoms with Crippen LogP contribution in [0, 0.1) is 12.7 Å². The van der Waals surface area contributed by atoms with Crippen LogP contribution < -0.4 is 4.90 Å². The summed E-state index contributed by atoms with van der Waals surface area (Å²) in [6.45, 7) is 5.13. The van der Waals surface area contributed by atoms with E-state index >= 15 is 0 Å². The predicted octanol–water partition coefficient (Wildman–Crippen LogP) is 4.91. The molecule has 8 nitrogen and oxygen atoms in total. The molecule has 0 aliphatic carbocycles. The van der Waals surface area contributed by atoms with Crippen molar-refractivity contribution in [3.8, 4) is 16.3 Å². The van der Waals surface area contributed by atoms with Gasteiger partial charge in [-0.1, -0.05) is 36.4 Å². The predicted molar refractivity (Wildman–Crippen MR) is 164 cm³/mol. The summed E-state index contributed by atoms with van der Waals surface area (Å²) in [6.07, 6.45) is 0. The Kier molecular flexibility index (Phi) is 7.87. The molecule has 2 aromatic carbocycles. The van der Waals surface area contributed by atoms with Crippen molar-refractivity contribution in [2.75, 3.05) is 43.4 Å². The second kappa shape index (κ2) is 11.7. The number of aryl methyl sites for hydroxylation is 1. The zero-order chi connectivity index (χ0) is 29.4. The summed E-state index contributed by atoms with van der Waals surface area (Å²) in [5, 5.41) is 6.77. The molecule has 0 unspecified atom stereocenters. The maximum atomic E-state index is 14.0. The van der Waals surface area contributed by atoms with Crippen molar-refractivity contribution in [2.45, 2.75) is 19.1 Å². The van der Waals surface area contributed by atoms with Gasteiger partial charge in [0, 0.05) is 38.7 Å². The van der Waals surface area contributed by atoms with Crippen molar-refractivity contribution in [2.24, 2.45) is 0 Å². The number of nitrogens with zero attached hydrogens (tertiary/aromatic N) is 5. The van der Waals surface area contributed by atoms with Crippen molar-refractivity contribution >= 4 is 46.6 Å². The van der Waals surface area contributed by atoms with E-state index in [1.54, 1.807) is 42.9 Å². The molecular weight excluding hydrogens is 574 g/mol. The first kappa shape index (κ1) is 28.2. The molecule has 6 rings (SSSR count). The molecule has 42 heavy (non-hydrogen) atoms. The second-order valence-corrected chi connectivity index (χ2v) is 12.4. The first-order chi connectivity index (χ1) is 20.3. The number of fused-ring (bicyclic) bond motifs is 1. The average Bonchev–Trinajstić information content (AvgIpc) is 3.63. The molecule has 0 radical (unpaired) electrons. The first-order valence-corrected chi connectivity index (χ1v) is 15.7. The summed E-state index contributed by atoms with van der Waals surface area (Å²) in [5.41, 5.74) is 4.17. The largest absolute Gasteiger partial charge is 0.339 e. The van der Waals surface area contributed by atoms with Gasteiger partial charge in [0.2, 0.25) is 17.7 Å². The molecule has 2 aliphatic heterocycles. The number of rotatable bonds is 5. The topological polar surface area (TPSA) is 78.8 Å². The molecule has 0 saturated carbocycles. The van der Waals surface area contributed by atoms with Crippen LogP contribution in [0.4, 0.5) is 10.2 Å². The number of thioether (sulfide) groups is 1. The van der Waals surface area contributed by atoms with Crippen LogP contribution >= 0.6 is 23.1 Å². The Hall–Kier alpha value is -3.96. The zero-order valence-electron chi connectivity index (χ0n) is 23.3. The Labute approximate surface area is 251 Å². The van der Waals surface area contributed by atoms with Crippen LogP contribution in [0.5, 0.6) is 0 Å². The van der Waals surface area contributed by atoms with Gasteiger partial charge in [-0.3, -0.25) is 19.3 Å². The van der Waals surface area contributed by atoms with Gasteiger partial charge in [0.05, 0.1) is 21.6 Å². The highest BCUT2D eigenvalue weighted by Crippen LogP contribution is 2.49. The lowest BCUT2D eigenvalue weighted by molar-refractivity contribution is -0.137. The van der Waals surface area contributed by atoms with Crippen LogP contribution in [-0.2, 0) is 14.4 Å². The first-order valence-electron chi connectivity index (χ1n) is 13.8. The van der Waals surface area contributed by atoms with Gasteiger partial charge >= 0.3 is 0 Å². The van der Waals surface area contributed by atoms with Gasteiger partial charge in [-0.15, -0.1) is 23.1 Å². The number of thiophene rings is 1. The Balaban J connectivity index is 1.50. The number of hydrogen-bond acceptors (Lipinski definition) is 6. The van der Waals surface area contributed by atoms with Gasteiger partial charge in [0.1, 0.15) is 23.9 Å². The summed E-state index contributed by atoms with van der Waals surface area (Å²) in [6, 6.07) is 18.1. The summed E-state index contributed by atoms with van der Waals surface area (Å²) < 4.78 is 15.8. The molecule has 0 N–H and O–H groups in total. The maximum absolute atomic E-state index is 14.0. The van der Waals surface area contributed by atoms with Crippen LogP contribution in [0.25, 0.3) is 16.3 Å². The van der Waals surface area contributed by atoms with E-state index in [0.29, 0.717) is 32.0 Å². The number of carbonyl (C=O) groups excluding carboxylic acids is 3. The summed E-state index contributed by atoms with van der Waals surface area (Å²) in [7, 11) is 0. The zero-order valence-corrected chi connectivity index (χ0v) is 25.0. The van der Waals surface area contributed by atoms with Gasteiger partial charge in [-0.2, -0.15) is 5.10 Å². The van der Waals surface area contributed by atoms with Crippen LogP contribution in [0.2, 0.25) is 0 Å². The highest BCUT2D eigenvalue weighted by atomic mass is 32.2. The Morgan fingerprint density at radius 3 is 2.36 bits per heavy atom. The van der Waals surface area contributed by atoms with Gasteiger partial charge in [-0.05, 0) is 47.7 Å². The molecule has 4 aromatic rings. The third kappa shape index (κ3) is 5.34. The molecule has 11 heteroatoms. The summed E-state index contributed by atoms with van der Waals surface area (Å²) in [5.74, 6) is -0.0409. The molecule has 1 fully saturated rings. The van der Waals surface area contributed by atoms with Gasteiger partial charge in [-0.25, -0.2) is 9.07 Å². The number of para-hydroxylation sites is 1. The average molecular weight is 604 g/mol. The number of hydrogen-bond donors (Lipinski definition) is 0. The minimum Gasteiger partial charge on any atom is -0.339 e. The molecule has 2 aliphatic rings. The lowest BCUT2D eigenvalue weighted by atomic mass is 10.0. The fraction of sp³-hybridized carbons (Fsp3) is 0.290. The lowest BCUT2D eigenvalue weighted by Crippen LogP contribution is -2.53. The molecule has 4 heterocycles. The smallest absolute Gasteiger partial charge is 0.242 e. The molecule has 3 amide bonds. The number of aromatic nitrogens is 2. The van der Waals surface area contributed by atoms with Crippen molar-refractivity contribution in [3.05, 3.63) is 88.6 Å². The lowest BCUT2D eigenvalue weighted by Gasteiger charge is -2.35. The fourth-order valence-corrected chi connectivity index (χ4v) is 7.41. The number of amides is 3.